The largest absolute Gasteiger partial charge is 0.481 e. The molecule has 1 saturated heterocycles. The average molecular weight is 335 g/mol. The van der Waals surface area contributed by atoms with Gasteiger partial charge in [0.2, 0.25) is 5.89 Å². The summed E-state index contributed by atoms with van der Waals surface area (Å²) in [6.07, 6.45) is 2.84. The molecule has 1 atom stereocenters. The van der Waals surface area contributed by atoms with Crippen molar-refractivity contribution < 1.29 is 19.1 Å². The molecule has 0 aromatic carbocycles. The number of carbonyl (C=O) groups is 2. The molecule has 0 saturated carbocycles. The highest BCUT2D eigenvalue weighted by Gasteiger charge is 2.28. The van der Waals surface area contributed by atoms with Crippen LogP contribution in [0, 0.1) is 5.92 Å². The number of carboxylic acid groups (broad SMARTS) is 1. The molecule has 0 aliphatic carbocycles. The molecule has 122 valence electrons. The quantitative estimate of drug-likeness (QED) is 0.894. The van der Waals surface area contributed by atoms with Crippen LogP contribution in [0.25, 0.3) is 10.8 Å². The number of rotatable bonds is 4. The van der Waals surface area contributed by atoms with E-state index < -0.39 is 11.9 Å². The first kappa shape index (κ1) is 15.5. The number of aromatic nitrogens is 1. The van der Waals surface area contributed by atoms with Gasteiger partial charge in [-0.1, -0.05) is 6.07 Å². The topological polar surface area (TPSA) is 95.7 Å². The maximum atomic E-state index is 12.1. The number of likely N-dealkylation sites (tertiary alicyclic amines) is 1. The van der Waals surface area contributed by atoms with Crippen LogP contribution in [0.5, 0.6) is 0 Å². The van der Waals surface area contributed by atoms with Gasteiger partial charge >= 0.3 is 12.0 Å². The van der Waals surface area contributed by atoms with Crippen LogP contribution >= 0.6 is 11.3 Å². The van der Waals surface area contributed by atoms with E-state index in [0.29, 0.717) is 31.0 Å². The van der Waals surface area contributed by atoms with Crippen LogP contribution < -0.4 is 5.32 Å². The van der Waals surface area contributed by atoms with E-state index in [9.17, 15) is 9.59 Å². The summed E-state index contributed by atoms with van der Waals surface area (Å²) >= 11 is 1.53. The van der Waals surface area contributed by atoms with Gasteiger partial charge in [-0.2, -0.15) is 0 Å². The number of urea groups is 1. The zero-order valence-electron chi connectivity index (χ0n) is 12.4. The minimum Gasteiger partial charge on any atom is -0.481 e. The maximum Gasteiger partial charge on any atom is 0.317 e. The summed E-state index contributed by atoms with van der Waals surface area (Å²) in [5.74, 6) is -0.792. The highest BCUT2D eigenvalue weighted by atomic mass is 32.1. The third-order valence-corrected chi connectivity index (χ3v) is 4.62. The number of amides is 2. The van der Waals surface area contributed by atoms with Crippen molar-refractivity contribution in [3.05, 3.63) is 29.5 Å². The number of nitrogens with one attached hydrogen (secondary N) is 1. The fraction of sp³-hybridized carbons (Fsp3) is 0.400. The first-order chi connectivity index (χ1) is 11.1. The molecule has 7 nitrogen and oxygen atoms in total. The SMILES string of the molecule is O=C(O)C1CCCN(C(=O)NCc2coc(-c3cccs3)n2)C1. The van der Waals surface area contributed by atoms with E-state index in [0.717, 1.165) is 4.88 Å². The van der Waals surface area contributed by atoms with E-state index in [1.54, 1.807) is 4.90 Å². The average Bonchev–Trinajstić information content (AvgIpc) is 3.23. The number of piperidine rings is 1. The highest BCUT2D eigenvalue weighted by molar-refractivity contribution is 7.13. The minimum atomic E-state index is -0.848. The van der Waals surface area contributed by atoms with Gasteiger partial charge in [0.15, 0.2) is 0 Å². The number of nitrogens with zero attached hydrogens (tertiary/aromatic N) is 2. The lowest BCUT2D eigenvalue weighted by Gasteiger charge is -2.30. The molecule has 1 unspecified atom stereocenters. The van der Waals surface area contributed by atoms with Gasteiger partial charge in [0, 0.05) is 13.1 Å². The van der Waals surface area contributed by atoms with Crippen molar-refractivity contribution in [3.8, 4) is 10.8 Å². The number of oxazole rings is 1. The van der Waals surface area contributed by atoms with E-state index in [1.807, 2.05) is 17.5 Å². The third-order valence-electron chi connectivity index (χ3n) is 3.76. The van der Waals surface area contributed by atoms with Crippen molar-refractivity contribution >= 4 is 23.3 Å². The van der Waals surface area contributed by atoms with Crippen molar-refractivity contribution in [2.75, 3.05) is 13.1 Å². The highest BCUT2D eigenvalue weighted by Crippen LogP contribution is 2.23. The summed E-state index contributed by atoms with van der Waals surface area (Å²) in [6, 6.07) is 3.57. The second-order valence-electron chi connectivity index (χ2n) is 5.40. The molecule has 1 aliphatic rings. The smallest absolute Gasteiger partial charge is 0.317 e. The van der Waals surface area contributed by atoms with Gasteiger partial charge in [-0.15, -0.1) is 11.3 Å². The van der Waals surface area contributed by atoms with Crippen molar-refractivity contribution in [2.45, 2.75) is 19.4 Å². The fourth-order valence-electron chi connectivity index (χ4n) is 2.54. The zero-order chi connectivity index (χ0) is 16.2. The molecule has 8 heteroatoms. The zero-order valence-corrected chi connectivity index (χ0v) is 13.2. The molecule has 3 heterocycles. The van der Waals surface area contributed by atoms with Crippen molar-refractivity contribution in [2.24, 2.45) is 5.92 Å². The molecule has 3 rings (SSSR count). The van der Waals surface area contributed by atoms with Crippen molar-refractivity contribution in [3.63, 3.8) is 0 Å². The van der Waals surface area contributed by atoms with Gasteiger partial charge in [-0.05, 0) is 24.3 Å². The Labute approximate surface area is 136 Å². The molecular formula is C15H17N3O4S. The molecule has 2 N–H and O–H groups in total. The Balaban J connectivity index is 1.54. The molecule has 2 aromatic heterocycles. The summed E-state index contributed by atoms with van der Waals surface area (Å²) in [5.41, 5.74) is 0.633. The van der Waals surface area contributed by atoms with E-state index in [2.05, 4.69) is 10.3 Å². The molecule has 2 amide bonds. The molecule has 2 aromatic rings. The van der Waals surface area contributed by atoms with Gasteiger partial charge in [-0.3, -0.25) is 4.79 Å². The number of hydrogen-bond acceptors (Lipinski definition) is 5. The van der Waals surface area contributed by atoms with Crippen LogP contribution in [0.4, 0.5) is 4.79 Å². The normalized spacial score (nSPS) is 17.9. The lowest BCUT2D eigenvalue weighted by Crippen LogP contribution is -2.46. The Morgan fingerprint density at radius 3 is 3.13 bits per heavy atom. The van der Waals surface area contributed by atoms with E-state index >= 15 is 0 Å². The first-order valence-electron chi connectivity index (χ1n) is 7.37. The van der Waals surface area contributed by atoms with Gasteiger partial charge in [0.1, 0.15) is 6.26 Å². The first-order valence-corrected chi connectivity index (χ1v) is 8.25. The monoisotopic (exact) mass is 335 g/mol. The molecule has 1 fully saturated rings. The number of carbonyl (C=O) groups excluding carboxylic acids is 1. The second-order valence-corrected chi connectivity index (χ2v) is 6.35. The van der Waals surface area contributed by atoms with Gasteiger partial charge in [-0.25, -0.2) is 9.78 Å². The standard InChI is InChI=1S/C15H17N3O4S/c19-14(20)10-3-1-5-18(8-10)15(21)16-7-11-9-22-13(17-11)12-4-2-6-23-12/h2,4,6,9-10H,1,3,5,7-8H2,(H,16,21)(H,19,20). The predicted octanol–water partition coefficient (Wildman–Crippen LogP) is 2.41. The lowest BCUT2D eigenvalue weighted by atomic mass is 9.99. The maximum absolute atomic E-state index is 12.1. The molecule has 0 spiro atoms. The van der Waals surface area contributed by atoms with Gasteiger partial charge in [0.05, 0.1) is 23.0 Å². The van der Waals surface area contributed by atoms with E-state index in [1.165, 1.54) is 17.6 Å². The van der Waals surface area contributed by atoms with E-state index in [-0.39, 0.29) is 19.1 Å². The lowest BCUT2D eigenvalue weighted by molar-refractivity contribution is -0.143. The van der Waals surface area contributed by atoms with Crippen molar-refractivity contribution in [1.29, 1.82) is 0 Å². The van der Waals surface area contributed by atoms with Crippen LogP contribution in [-0.4, -0.2) is 40.1 Å². The Kier molecular flexibility index (Phi) is 4.61. The summed E-state index contributed by atoms with van der Waals surface area (Å²) < 4.78 is 5.39. The number of hydrogen-bond donors (Lipinski definition) is 2. The molecule has 1 aliphatic heterocycles. The number of carboxylic acids is 1. The predicted molar refractivity (Wildman–Crippen MR) is 84.0 cm³/mol. The third kappa shape index (κ3) is 3.70. The number of thiophene rings is 1. The van der Waals surface area contributed by atoms with Crippen LogP contribution in [0.2, 0.25) is 0 Å². The van der Waals surface area contributed by atoms with Crippen LogP contribution in [-0.2, 0) is 11.3 Å². The van der Waals surface area contributed by atoms with Crippen LogP contribution in [0.1, 0.15) is 18.5 Å². The Morgan fingerprint density at radius 1 is 1.52 bits per heavy atom. The van der Waals surface area contributed by atoms with E-state index in [4.69, 9.17) is 9.52 Å². The fourth-order valence-corrected chi connectivity index (χ4v) is 3.20. The molecule has 23 heavy (non-hydrogen) atoms. The van der Waals surface area contributed by atoms with Gasteiger partial charge in [0.25, 0.3) is 0 Å². The number of aliphatic carboxylic acids is 1. The Bertz CT molecular complexity index is 683. The summed E-state index contributed by atoms with van der Waals surface area (Å²) in [7, 11) is 0. The van der Waals surface area contributed by atoms with Crippen LogP contribution in [0.3, 0.4) is 0 Å². The Morgan fingerprint density at radius 2 is 2.39 bits per heavy atom. The summed E-state index contributed by atoms with van der Waals surface area (Å²) in [5, 5.41) is 13.8. The van der Waals surface area contributed by atoms with Crippen molar-refractivity contribution in [1.82, 2.24) is 15.2 Å². The second kappa shape index (κ2) is 6.82. The molecular weight excluding hydrogens is 318 g/mol. The van der Waals surface area contributed by atoms with Gasteiger partial charge < -0.3 is 19.7 Å². The molecule has 0 bridgehead atoms. The van der Waals surface area contributed by atoms with Crippen LogP contribution in [0.15, 0.2) is 28.2 Å². The molecule has 0 radical (unpaired) electrons. The summed E-state index contributed by atoms with van der Waals surface area (Å²) in [4.78, 5) is 30.0. The summed E-state index contributed by atoms with van der Waals surface area (Å²) in [6.45, 7) is 1.08. The minimum absolute atomic E-state index is 0.250. The Hall–Kier alpha value is -2.35.